The lowest BCUT2D eigenvalue weighted by atomic mass is 9.88. The van der Waals surface area contributed by atoms with E-state index in [0.29, 0.717) is 31.9 Å². The summed E-state index contributed by atoms with van der Waals surface area (Å²) in [7, 11) is 3.77. The van der Waals surface area contributed by atoms with Crippen molar-refractivity contribution >= 4 is 35.2 Å². The summed E-state index contributed by atoms with van der Waals surface area (Å²) in [4.78, 5) is 42.9. The van der Waals surface area contributed by atoms with E-state index in [2.05, 4.69) is 30.2 Å². The molecule has 0 aliphatic carbocycles. The normalized spacial score (nSPS) is 17.6. The first-order chi connectivity index (χ1) is 13.4. The van der Waals surface area contributed by atoms with Gasteiger partial charge in [-0.25, -0.2) is 19.9 Å². The van der Waals surface area contributed by atoms with Crippen LogP contribution in [0.15, 0.2) is 23.5 Å². The minimum Gasteiger partial charge on any atom is -0.483 e. The summed E-state index contributed by atoms with van der Waals surface area (Å²) >= 11 is 0. The van der Waals surface area contributed by atoms with Gasteiger partial charge < -0.3 is 14.9 Å². The Kier molecular flexibility index (Phi) is 5.39. The number of hydrogen-bond donors (Lipinski definition) is 2. The molecule has 2 aliphatic heterocycles. The minimum atomic E-state index is -0.651. The zero-order chi connectivity index (χ0) is 20.3. The maximum Gasteiger partial charge on any atom is 0.290 e. The Balaban J connectivity index is 0.000000706. The van der Waals surface area contributed by atoms with Crippen LogP contribution in [0.2, 0.25) is 0 Å². The van der Waals surface area contributed by atoms with Crippen LogP contribution in [0, 0.1) is 6.92 Å². The molecular weight excluding hydrogens is 362 g/mol. The van der Waals surface area contributed by atoms with Gasteiger partial charge in [-0.2, -0.15) is 0 Å². The van der Waals surface area contributed by atoms with Crippen molar-refractivity contribution in [2.75, 3.05) is 32.1 Å². The number of fused-ring (bicyclic) bond motifs is 1. The molecule has 10 heteroatoms. The molecule has 1 saturated heterocycles. The number of carboxylic acid groups (broad SMARTS) is 1. The number of pyridine rings is 1. The topological polar surface area (TPSA) is 124 Å². The van der Waals surface area contributed by atoms with E-state index in [9.17, 15) is 4.79 Å². The fourth-order valence-electron chi connectivity index (χ4n) is 3.39. The number of amides is 1. The molecule has 2 N–H and O–H groups in total. The van der Waals surface area contributed by atoms with Crippen LogP contribution >= 0.6 is 0 Å². The summed E-state index contributed by atoms with van der Waals surface area (Å²) in [6.07, 6.45) is 2.89. The van der Waals surface area contributed by atoms with Crippen LogP contribution in [0.25, 0.3) is 11.0 Å². The highest BCUT2D eigenvalue weighted by atomic mass is 16.3. The Bertz CT molecular complexity index is 921. The molecule has 0 unspecified atom stereocenters. The summed E-state index contributed by atoms with van der Waals surface area (Å²) in [6.45, 7) is 3.13. The third kappa shape index (κ3) is 3.57. The van der Waals surface area contributed by atoms with Crippen LogP contribution in [0.4, 0.5) is 5.82 Å². The standard InChI is InChI=1S/C17H21N7O.CH2O2/c1-11-4-5-12-13(20-11)14(19-10-18-12)24-8-6-17(7-9-24)15(25)21-16(22-17)23(2)3;2-1-3/h4-5,10H,6-9H2,1-3H3,(H,21,22,25);1H,(H,2,3). The number of aromatic nitrogens is 3. The monoisotopic (exact) mass is 385 g/mol. The van der Waals surface area contributed by atoms with Crippen LogP contribution in [0.5, 0.6) is 0 Å². The Hall–Kier alpha value is -3.30. The van der Waals surface area contributed by atoms with E-state index in [1.807, 2.05) is 38.1 Å². The molecule has 2 aromatic heterocycles. The van der Waals surface area contributed by atoms with Gasteiger partial charge in [0.1, 0.15) is 17.4 Å². The van der Waals surface area contributed by atoms with Gasteiger partial charge >= 0.3 is 0 Å². The highest BCUT2D eigenvalue weighted by Crippen LogP contribution is 2.33. The molecule has 1 amide bonds. The summed E-state index contributed by atoms with van der Waals surface area (Å²) in [5.74, 6) is 1.47. The van der Waals surface area contributed by atoms with Crippen molar-refractivity contribution in [2.45, 2.75) is 25.3 Å². The number of aliphatic imine (C=N–C) groups is 1. The Labute approximate surface area is 162 Å². The van der Waals surface area contributed by atoms with Crippen molar-refractivity contribution < 1.29 is 14.7 Å². The van der Waals surface area contributed by atoms with E-state index in [1.165, 1.54) is 0 Å². The van der Waals surface area contributed by atoms with Crippen molar-refractivity contribution in [3.8, 4) is 0 Å². The fraction of sp³-hybridized carbons (Fsp3) is 0.444. The third-order valence-corrected chi connectivity index (χ3v) is 4.88. The van der Waals surface area contributed by atoms with Crippen LogP contribution in [0.3, 0.4) is 0 Å². The van der Waals surface area contributed by atoms with E-state index >= 15 is 0 Å². The van der Waals surface area contributed by atoms with Gasteiger partial charge in [-0.3, -0.25) is 14.9 Å². The quantitative estimate of drug-likeness (QED) is 0.677. The predicted octanol–water partition coefficient (Wildman–Crippen LogP) is 0.420. The van der Waals surface area contributed by atoms with Gasteiger partial charge in [0.2, 0.25) is 5.96 Å². The number of carbonyl (C=O) groups is 2. The first kappa shape index (κ1) is 19.5. The second-order valence-electron chi connectivity index (χ2n) is 6.93. The number of nitrogens with zero attached hydrogens (tertiary/aromatic N) is 6. The average Bonchev–Trinajstić information content (AvgIpc) is 2.99. The van der Waals surface area contributed by atoms with Gasteiger partial charge in [-0.1, -0.05) is 0 Å². The van der Waals surface area contributed by atoms with Gasteiger partial charge in [-0.15, -0.1) is 0 Å². The molecule has 0 atom stereocenters. The summed E-state index contributed by atoms with van der Waals surface area (Å²) in [5, 5.41) is 9.77. The van der Waals surface area contributed by atoms with E-state index in [4.69, 9.17) is 9.90 Å². The number of nitrogens with one attached hydrogen (secondary N) is 1. The lowest BCUT2D eigenvalue weighted by Crippen LogP contribution is -2.49. The number of piperidine rings is 1. The maximum atomic E-state index is 12.5. The molecule has 1 spiro atoms. The fourth-order valence-corrected chi connectivity index (χ4v) is 3.39. The van der Waals surface area contributed by atoms with E-state index in [1.54, 1.807) is 6.33 Å². The Morgan fingerprint density at radius 2 is 1.93 bits per heavy atom. The number of hydrogen-bond acceptors (Lipinski definition) is 8. The van der Waals surface area contributed by atoms with Crippen LogP contribution in [-0.2, 0) is 9.59 Å². The van der Waals surface area contributed by atoms with Crippen molar-refractivity contribution in [1.29, 1.82) is 0 Å². The number of aryl methyl sites for hydroxylation is 1. The van der Waals surface area contributed by atoms with Crippen LogP contribution in [0.1, 0.15) is 18.5 Å². The molecule has 4 heterocycles. The van der Waals surface area contributed by atoms with Crippen molar-refractivity contribution in [3.05, 3.63) is 24.2 Å². The second kappa shape index (κ2) is 7.75. The smallest absolute Gasteiger partial charge is 0.290 e. The lowest BCUT2D eigenvalue weighted by molar-refractivity contribution is -0.124. The number of anilines is 1. The highest BCUT2D eigenvalue weighted by molar-refractivity contribution is 6.07. The van der Waals surface area contributed by atoms with Crippen LogP contribution < -0.4 is 10.2 Å². The lowest BCUT2D eigenvalue weighted by Gasteiger charge is -2.36. The number of guanidine groups is 1. The molecule has 0 aromatic carbocycles. The molecule has 2 aliphatic rings. The third-order valence-electron chi connectivity index (χ3n) is 4.88. The van der Waals surface area contributed by atoms with Gasteiger partial charge in [-0.05, 0) is 31.9 Å². The highest BCUT2D eigenvalue weighted by Gasteiger charge is 2.46. The molecule has 10 nitrogen and oxygen atoms in total. The zero-order valence-corrected chi connectivity index (χ0v) is 16.1. The van der Waals surface area contributed by atoms with Gasteiger partial charge in [0.25, 0.3) is 12.4 Å². The van der Waals surface area contributed by atoms with E-state index in [0.717, 1.165) is 22.5 Å². The zero-order valence-electron chi connectivity index (χ0n) is 16.1. The van der Waals surface area contributed by atoms with Gasteiger partial charge in [0, 0.05) is 32.9 Å². The average molecular weight is 385 g/mol. The van der Waals surface area contributed by atoms with Gasteiger partial charge in [0.15, 0.2) is 5.82 Å². The molecule has 0 saturated carbocycles. The van der Waals surface area contributed by atoms with E-state index in [-0.39, 0.29) is 12.4 Å². The van der Waals surface area contributed by atoms with E-state index < -0.39 is 5.54 Å². The number of rotatable bonds is 1. The molecule has 148 valence electrons. The molecular formula is C18H23N7O3. The molecule has 0 bridgehead atoms. The largest absolute Gasteiger partial charge is 0.483 e. The summed E-state index contributed by atoms with van der Waals surface area (Å²) in [5.41, 5.74) is 1.93. The maximum absolute atomic E-state index is 12.5. The minimum absolute atomic E-state index is 0.00244. The first-order valence-corrected chi connectivity index (χ1v) is 8.90. The Morgan fingerprint density at radius 1 is 1.25 bits per heavy atom. The van der Waals surface area contributed by atoms with Crippen molar-refractivity contribution in [2.24, 2.45) is 4.99 Å². The van der Waals surface area contributed by atoms with Gasteiger partial charge in [0.05, 0.1) is 5.52 Å². The van der Waals surface area contributed by atoms with Crippen molar-refractivity contribution in [3.63, 3.8) is 0 Å². The molecule has 1 fully saturated rings. The Morgan fingerprint density at radius 3 is 2.54 bits per heavy atom. The molecule has 0 radical (unpaired) electrons. The molecule has 2 aromatic rings. The first-order valence-electron chi connectivity index (χ1n) is 8.90. The molecule has 4 rings (SSSR count). The summed E-state index contributed by atoms with van der Waals surface area (Å²) in [6, 6.07) is 3.91. The predicted molar refractivity (Wildman–Crippen MR) is 104 cm³/mol. The second-order valence-corrected chi connectivity index (χ2v) is 6.93. The van der Waals surface area contributed by atoms with Crippen LogP contribution in [-0.4, -0.2) is 76.0 Å². The SMILES string of the molecule is Cc1ccc2ncnc(N3CCC4(CC3)N=C(N(C)C)NC4=O)c2n1.O=CO. The summed E-state index contributed by atoms with van der Waals surface area (Å²) < 4.78 is 0. The molecule has 28 heavy (non-hydrogen) atoms. The van der Waals surface area contributed by atoms with Crippen molar-refractivity contribution in [1.82, 2.24) is 25.2 Å². The number of carbonyl (C=O) groups excluding carboxylic acids is 1.